The topological polar surface area (TPSA) is 40.6 Å². The summed E-state index contributed by atoms with van der Waals surface area (Å²) < 4.78 is 0. The monoisotopic (exact) mass is 325 g/mol. The molecule has 1 aromatic carbocycles. The normalized spacial score (nSPS) is 14.5. The molecule has 127 valence electrons. The molecule has 0 aromatic heterocycles. The van der Waals surface area contributed by atoms with Crippen LogP contribution in [0.15, 0.2) is 36.3 Å². The number of unbranched alkanes of at least 4 members (excludes halogenated alkanes) is 1. The summed E-state index contributed by atoms with van der Waals surface area (Å²) in [5, 5.41) is 0. The van der Waals surface area contributed by atoms with E-state index in [-0.39, 0.29) is 11.8 Å². The summed E-state index contributed by atoms with van der Waals surface area (Å²) in [6, 6.07) is 7.96. The number of allylic oxidation sites excluding steroid dienone is 1. The first-order chi connectivity index (χ1) is 11.4. The van der Waals surface area contributed by atoms with E-state index in [4.69, 9.17) is 0 Å². The van der Waals surface area contributed by atoms with Crippen LogP contribution in [0.3, 0.4) is 0 Å². The van der Waals surface area contributed by atoms with E-state index in [2.05, 4.69) is 52.0 Å². The number of hydrogen-bond acceptors (Lipinski definition) is 3. The van der Waals surface area contributed by atoms with Crippen LogP contribution in [0.1, 0.15) is 61.3 Å². The molecule has 1 aromatic rings. The molecule has 4 nitrogen and oxygen atoms in total. The molecule has 0 unspecified atom stereocenters. The lowest BCUT2D eigenvalue weighted by Crippen LogP contribution is -2.39. The van der Waals surface area contributed by atoms with Crippen molar-refractivity contribution in [2.45, 2.75) is 52.6 Å². The van der Waals surface area contributed by atoms with Crippen LogP contribution in [0.5, 0.6) is 0 Å². The number of benzene rings is 1. The van der Waals surface area contributed by atoms with E-state index in [1.54, 1.807) is 24.3 Å². The second-order valence-corrected chi connectivity index (χ2v) is 6.66. The van der Waals surface area contributed by atoms with Gasteiger partial charge in [-0.25, -0.2) is 0 Å². The Bertz CT molecular complexity index is 583. The van der Waals surface area contributed by atoms with Gasteiger partial charge in [-0.15, -0.1) is 5.98 Å². The number of nitrogens with zero attached hydrogens (tertiary/aromatic N) is 2. The smallest absolute Gasteiger partial charge is 0.261 e. The first kappa shape index (κ1) is 18.5. The van der Waals surface area contributed by atoms with Crippen LogP contribution in [-0.4, -0.2) is 47.6 Å². The van der Waals surface area contributed by atoms with E-state index >= 15 is 0 Å². The summed E-state index contributed by atoms with van der Waals surface area (Å²) in [5.41, 5.74) is 1.05. The van der Waals surface area contributed by atoms with Crippen LogP contribution < -0.4 is 0 Å². The average molecular weight is 325 g/mol. The van der Waals surface area contributed by atoms with Gasteiger partial charge in [-0.1, -0.05) is 45.9 Å². The average Bonchev–Trinajstić information content (AvgIpc) is 2.78. The molecule has 5 heteroatoms. The van der Waals surface area contributed by atoms with Crippen molar-refractivity contribution in [3.05, 3.63) is 47.4 Å². The zero-order valence-electron chi connectivity index (χ0n) is 15.0. The molecule has 1 aliphatic heterocycles. The molecule has 0 N–H and O–H groups in total. The molecule has 1 heterocycles. The highest BCUT2D eigenvalue weighted by atomic mass is 16.2. The molecule has 1 radical (unpaired) electrons. The Hall–Kier alpha value is -1.88. The Morgan fingerprint density at radius 3 is 2.08 bits per heavy atom. The fourth-order valence-corrected chi connectivity index (χ4v) is 3.01. The third-order valence-corrected chi connectivity index (χ3v) is 4.22. The van der Waals surface area contributed by atoms with Gasteiger partial charge in [0.05, 0.1) is 11.1 Å². The summed E-state index contributed by atoms with van der Waals surface area (Å²) >= 11 is 0. The number of carbonyl (C=O) groups is 2. The number of carbonyl (C=O) groups excluding carboxylic acids is 2. The molecule has 0 aliphatic carbocycles. The van der Waals surface area contributed by atoms with Crippen molar-refractivity contribution in [2.24, 2.45) is 0 Å². The van der Waals surface area contributed by atoms with Crippen LogP contribution in [0.4, 0.5) is 0 Å². The van der Waals surface area contributed by atoms with Gasteiger partial charge in [0.25, 0.3) is 11.8 Å². The van der Waals surface area contributed by atoms with Crippen LogP contribution in [-0.2, 0) is 0 Å². The second-order valence-electron chi connectivity index (χ2n) is 6.66. The van der Waals surface area contributed by atoms with Crippen molar-refractivity contribution in [3.63, 3.8) is 0 Å². The van der Waals surface area contributed by atoms with Gasteiger partial charge >= 0.3 is 0 Å². The number of rotatable bonds is 8. The van der Waals surface area contributed by atoms with Crippen molar-refractivity contribution in [3.8, 4) is 0 Å². The maximum Gasteiger partial charge on any atom is 0.261 e. The number of fused-ring (bicyclic) bond motifs is 1. The highest BCUT2D eigenvalue weighted by Gasteiger charge is 2.34. The summed E-state index contributed by atoms with van der Waals surface area (Å²) in [4.78, 5) is 28.1. The third kappa shape index (κ3) is 4.15. The largest absolute Gasteiger partial charge is 0.338 e. The standard InChI is InChI=1S/C19H26BN2O2/c1-14(2)22(15(3)4)20-12-8-5-9-13-21-18(23)16-10-6-7-11-17(16)19(21)24/h6-8,10-12,14-15H,5,9,13H2,1-4H3/b12-8+. The van der Waals surface area contributed by atoms with Crippen molar-refractivity contribution < 1.29 is 9.59 Å². The van der Waals surface area contributed by atoms with Crippen molar-refractivity contribution in [2.75, 3.05) is 6.54 Å². The molecule has 0 atom stereocenters. The molecular weight excluding hydrogens is 299 g/mol. The minimum absolute atomic E-state index is 0.170. The van der Waals surface area contributed by atoms with E-state index in [0.29, 0.717) is 29.8 Å². The van der Waals surface area contributed by atoms with Gasteiger partial charge in [0.15, 0.2) is 0 Å². The van der Waals surface area contributed by atoms with E-state index in [1.807, 2.05) is 0 Å². The summed E-state index contributed by atoms with van der Waals surface area (Å²) in [5.74, 6) is 1.72. The van der Waals surface area contributed by atoms with E-state index in [0.717, 1.165) is 12.8 Å². The van der Waals surface area contributed by atoms with Gasteiger partial charge in [0.1, 0.15) is 0 Å². The van der Waals surface area contributed by atoms with Crippen LogP contribution in [0, 0.1) is 0 Å². The fourth-order valence-electron chi connectivity index (χ4n) is 3.01. The van der Waals surface area contributed by atoms with Crippen molar-refractivity contribution in [1.29, 1.82) is 0 Å². The Balaban J connectivity index is 1.78. The van der Waals surface area contributed by atoms with Crippen LogP contribution in [0.25, 0.3) is 0 Å². The predicted octanol–water partition coefficient (Wildman–Crippen LogP) is 3.31. The summed E-state index contributed by atoms with van der Waals surface area (Å²) in [7, 11) is 2.11. The van der Waals surface area contributed by atoms with Gasteiger partial charge < -0.3 is 4.81 Å². The molecule has 0 spiro atoms. The van der Waals surface area contributed by atoms with E-state index in [1.165, 1.54) is 4.90 Å². The maximum absolute atomic E-state index is 12.2. The Morgan fingerprint density at radius 1 is 1.04 bits per heavy atom. The maximum atomic E-state index is 12.2. The highest BCUT2D eigenvalue weighted by molar-refractivity contribution is 6.38. The van der Waals surface area contributed by atoms with E-state index < -0.39 is 0 Å². The van der Waals surface area contributed by atoms with Gasteiger partial charge in [0, 0.05) is 6.54 Å². The molecule has 0 bridgehead atoms. The summed E-state index contributed by atoms with van der Waals surface area (Å²) in [6.07, 6.45) is 3.71. The quantitative estimate of drug-likeness (QED) is 0.418. The fraction of sp³-hybridized carbons (Fsp3) is 0.474. The predicted molar refractivity (Wildman–Crippen MR) is 98.0 cm³/mol. The zero-order valence-corrected chi connectivity index (χ0v) is 15.0. The first-order valence-corrected chi connectivity index (χ1v) is 8.66. The minimum atomic E-state index is -0.170. The highest BCUT2D eigenvalue weighted by Crippen LogP contribution is 2.22. The van der Waals surface area contributed by atoms with Crippen molar-refractivity contribution in [1.82, 2.24) is 9.71 Å². The minimum Gasteiger partial charge on any atom is -0.338 e. The first-order valence-electron chi connectivity index (χ1n) is 8.66. The zero-order chi connectivity index (χ0) is 17.7. The number of imide groups is 1. The van der Waals surface area contributed by atoms with Gasteiger partial charge in [-0.2, -0.15) is 0 Å². The summed E-state index contributed by atoms with van der Waals surface area (Å²) in [6.45, 7) is 9.16. The Labute approximate surface area is 145 Å². The SMILES string of the molecule is CC(C)N([B]/C=C/CCCN1C(=O)c2ccccc2C1=O)C(C)C. The molecule has 24 heavy (non-hydrogen) atoms. The molecule has 0 saturated heterocycles. The molecule has 2 rings (SSSR count). The van der Waals surface area contributed by atoms with E-state index in [9.17, 15) is 9.59 Å². The van der Waals surface area contributed by atoms with Gasteiger partial charge in [0.2, 0.25) is 7.41 Å². The lowest BCUT2D eigenvalue weighted by Gasteiger charge is -2.28. The molecule has 1 aliphatic rings. The van der Waals surface area contributed by atoms with Crippen molar-refractivity contribution >= 4 is 19.2 Å². The molecule has 0 fully saturated rings. The molecular formula is C19H26BN2O2. The molecule has 0 saturated carbocycles. The number of amides is 2. The Kier molecular flexibility index (Phi) is 6.38. The van der Waals surface area contributed by atoms with Crippen LogP contribution in [0.2, 0.25) is 0 Å². The Morgan fingerprint density at radius 2 is 1.58 bits per heavy atom. The van der Waals surface area contributed by atoms with Gasteiger partial charge in [-0.05, 0) is 37.1 Å². The van der Waals surface area contributed by atoms with Crippen LogP contribution >= 0.6 is 0 Å². The van der Waals surface area contributed by atoms with Gasteiger partial charge in [-0.3, -0.25) is 14.5 Å². The third-order valence-electron chi connectivity index (χ3n) is 4.22. The second kappa shape index (κ2) is 8.29. The lowest BCUT2D eigenvalue weighted by atomic mass is 9.86. The lowest BCUT2D eigenvalue weighted by molar-refractivity contribution is 0.0653. The molecule has 2 amide bonds. The number of hydrogen-bond donors (Lipinski definition) is 0.